The van der Waals surface area contributed by atoms with Crippen molar-refractivity contribution in [2.75, 3.05) is 0 Å². The number of H-pyrrole nitrogens is 1. The van der Waals surface area contributed by atoms with Crippen molar-refractivity contribution in [3.63, 3.8) is 0 Å². The third-order valence-electron chi connectivity index (χ3n) is 2.94. The first kappa shape index (κ1) is 13.2. The van der Waals surface area contributed by atoms with Gasteiger partial charge in [-0.2, -0.15) is 0 Å². The molecule has 6 nitrogen and oxygen atoms in total. The van der Waals surface area contributed by atoms with Crippen molar-refractivity contribution in [3.8, 4) is 11.3 Å². The van der Waals surface area contributed by atoms with Gasteiger partial charge in [0.2, 0.25) is 0 Å². The van der Waals surface area contributed by atoms with Crippen LogP contribution in [-0.2, 0) is 0 Å². The normalized spacial score (nSPS) is 12.3. The molecule has 0 aliphatic carbocycles. The highest BCUT2D eigenvalue weighted by Gasteiger charge is 2.11. The Kier molecular flexibility index (Phi) is 3.91. The Hall–Kier alpha value is -2.21. The van der Waals surface area contributed by atoms with E-state index in [0.29, 0.717) is 0 Å². The summed E-state index contributed by atoms with van der Waals surface area (Å²) in [6.45, 7) is 2.07. The Balaban J connectivity index is 2.20. The molecular weight excluding hydrogens is 244 g/mol. The fourth-order valence-corrected chi connectivity index (χ4v) is 1.88. The smallest absolute Gasteiger partial charge is 0.269 e. The minimum atomic E-state index is -0.417. The summed E-state index contributed by atoms with van der Waals surface area (Å²) in [5.41, 5.74) is 7.72. The summed E-state index contributed by atoms with van der Waals surface area (Å²) >= 11 is 0. The number of nitrogens with two attached hydrogens (primary N) is 1. The number of aromatic amines is 1. The van der Waals surface area contributed by atoms with Crippen molar-refractivity contribution in [2.45, 2.75) is 25.8 Å². The predicted molar refractivity (Wildman–Crippen MR) is 72.5 cm³/mol. The van der Waals surface area contributed by atoms with E-state index in [1.165, 1.54) is 12.1 Å². The van der Waals surface area contributed by atoms with Gasteiger partial charge < -0.3 is 10.7 Å². The number of rotatable bonds is 5. The van der Waals surface area contributed by atoms with Crippen LogP contribution in [0, 0.1) is 10.1 Å². The zero-order valence-electron chi connectivity index (χ0n) is 10.7. The van der Waals surface area contributed by atoms with Crippen molar-refractivity contribution < 1.29 is 4.92 Å². The summed E-state index contributed by atoms with van der Waals surface area (Å²) in [5, 5.41) is 10.6. The number of benzene rings is 1. The Labute approximate surface area is 110 Å². The molecule has 0 bridgehead atoms. The number of nitro benzene ring substituents is 1. The number of hydrogen-bond donors (Lipinski definition) is 2. The summed E-state index contributed by atoms with van der Waals surface area (Å²) in [4.78, 5) is 17.6. The fourth-order valence-electron chi connectivity index (χ4n) is 1.88. The van der Waals surface area contributed by atoms with E-state index in [0.717, 1.165) is 29.9 Å². The van der Waals surface area contributed by atoms with Crippen LogP contribution in [0.1, 0.15) is 31.6 Å². The summed E-state index contributed by atoms with van der Waals surface area (Å²) < 4.78 is 0. The molecule has 19 heavy (non-hydrogen) atoms. The van der Waals surface area contributed by atoms with Gasteiger partial charge in [-0.15, -0.1) is 0 Å². The van der Waals surface area contributed by atoms with Gasteiger partial charge in [-0.3, -0.25) is 10.1 Å². The van der Waals surface area contributed by atoms with E-state index < -0.39 is 4.92 Å². The lowest BCUT2D eigenvalue weighted by atomic mass is 10.1. The van der Waals surface area contributed by atoms with Gasteiger partial charge in [0.15, 0.2) is 0 Å². The van der Waals surface area contributed by atoms with Crippen LogP contribution < -0.4 is 5.73 Å². The second-order valence-electron chi connectivity index (χ2n) is 4.38. The number of nitrogens with zero attached hydrogens (tertiary/aromatic N) is 2. The lowest BCUT2D eigenvalue weighted by Gasteiger charge is -2.05. The molecule has 0 spiro atoms. The highest BCUT2D eigenvalue weighted by molar-refractivity contribution is 5.60. The molecule has 1 aromatic carbocycles. The van der Waals surface area contributed by atoms with E-state index in [-0.39, 0.29) is 11.7 Å². The van der Waals surface area contributed by atoms with E-state index >= 15 is 0 Å². The van der Waals surface area contributed by atoms with Gasteiger partial charge in [-0.25, -0.2) is 4.98 Å². The lowest BCUT2D eigenvalue weighted by molar-refractivity contribution is -0.384. The van der Waals surface area contributed by atoms with Crippen LogP contribution in [0.25, 0.3) is 11.3 Å². The van der Waals surface area contributed by atoms with E-state index in [1.807, 2.05) is 0 Å². The maximum atomic E-state index is 10.6. The summed E-state index contributed by atoms with van der Waals surface area (Å²) in [5.74, 6) is 0.746. The van der Waals surface area contributed by atoms with Crippen LogP contribution >= 0.6 is 0 Å². The number of imidazole rings is 1. The minimum Gasteiger partial charge on any atom is -0.341 e. The van der Waals surface area contributed by atoms with Gasteiger partial charge in [-0.05, 0) is 18.6 Å². The molecule has 0 amide bonds. The topological polar surface area (TPSA) is 97.8 Å². The third-order valence-corrected chi connectivity index (χ3v) is 2.94. The van der Waals surface area contributed by atoms with Crippen molar-refractivity contribution in [1.82, 2.24) is 9.97 Å². The van der Waals surface area contributed by atoms with Crippen molar-refractivity contribution in [2.24, 2.45) is 5.73 Å². The average molecular weight is 260 g/mol. The molecule has 2 aromatic rings. The first-order valence-electron chi connectivity index (χ1n) is 6.17. The fraction of sp³-hybridized carbons (Fsp3) is 0.308. The monoisotopic (exact) mass is 260 g/mol. The van der Waals surface area contributed by atoms with Crippen molar-refractivity contribution >= 4 is 5.69 Å². The van der Waals surface area contributed by atoms with Crippen LogP contribution in [-0.4, -0.2) is 14.9 Å². The largest absolute Gasteiger partial charge is 0.341 e. The van der Waals surface area contributed by atoms with E-state index in [4.69, 9.17) is 5.73 Å². The molecule has 100 valence electrons. The SMILES string of the molecule is CCCC(N)c1ncc(-c2ccc([N+](=O)[O-])cc2)[nH]1. The van der Waals surface area contributed by atoms with Gasteiger partial charge in [0, 0.05) is 17.7 Å². The van der Waals surface area contributed by atoms with Crippen LogP contribution in [0.15, 0.2) is 30.5 Å². The van der Waals surface area contributed by atoms with E-state index in [9.17, 15) is 10.1 Å². The van der Waals surface area contributed by atoms with Gasteiger partial charge in [0.25, 0.3) is 5.69 Å². The van der Waals surface area contributed by atoms with Gasteiger partial charge in [0.1, 0.15) is 5.82 Å². The third kappa shape index (κ3) is 2.97. The van der Waals surface area contributed by atoms with Gasteiger partial charge in [0.05, 0.1) is 22.9 Å². The molecule has 6 heteroatoms. The molecular formula is C13H16N4O2. The van der Waals surface area contributed by atoms with Crippen molar-refractivity contribution in [3.05, 3.63) is 46.4 Å². The summed E-state index contributed by atoms with van der Waals surface area (Å²) in [6, 6.07) is 6.24. The van der Waals surface area contributed by atoms with Crippen LogP contribution in [0.3, 0.4) is 0 Å². The zero-order valence-corrected chi connectivity index (χ0v) is 10.7. The highest BCUT2D eigenvalue weighted by atomic mass is 16.6. The highest BCUT2D eigenvalue weighted by Crippen LogP contribution is 2.22. The van der Waals surface area contributed by atoms with Crippen molar-refractivity contribution in [1.29, 1.82) is 0 Å². The first-order chi connectivity index (χ1) is 9.11. The average Bonchev–Trinajstić information content (AvgIpc) is 2.89. The lowest BCUT2D eigenvalue weighted by Crippen LogP contribution is -2.11. The molecule has 0 saturated heterocycles. The molecule has 1 heterocycles. The maximum absolute atomic E-state index is 10.6. The van der Waals surface area contributed by atoms with Gasteiger partial charge in [-0.1, -0.05) is 13.3 Å². The molecule has 0 radical (unpaired) electrons. The number of nitrogens with one attached hydrogen (secondary N) is 1. The van der Waals surface area contributed by atoms with E-state index in [1.54, 1.807) is 18.3 Å². The second kappa shape index (κ2) is 5.62. The van der Waals surface area contributed by atoms with Crippen LogP contribution in [0.5, 0.6) is 0 Å². The molecule has 1 unspecified atom stereocenters. The molecule has 2 rings (SSSR count). The molecule has 1 aromatic heterocycles. The van der Waals surface area contributed by atoms with E-state index in [2.05, 4.69) is 16.9 Å². The Morgan fingerprint density at radius 2 is 2.11 bits per heavy atom. The van der Waals surface area contributed by atoms with Crippen LogP contribution in [0.4, 0.5) is 5.69 Å². The number of non-ortho nitro benzene ring substituents is 1. The molecule has 0 fully saturated rings. The summed E-state index contributed by atoms with van der Waals surface area (Å²) in [7, 11) is 0. The first-order valence-corrected chi connectivity index (χ1v) is 6.17. The Bertz CT molecular complexity index is 562. The zero-order chi connectivity index (χ0) is 13.8. The maximum Gasteiger partial charge on any atom is 0.269 e. The molecule has 0 aliphatic rings. The molecule has 0 saturated carbocycles. The number of aromatic nitrogens is 2. The molecule has 1 atom stereocenters. The Morgan fingerprint density at radius 1 is 1.42 bits per heavy atom. The quantitative estimate of drug-likeness (QED) is 0.638. The number of hydrogen-bond acceptors (Lipinski definition) is 4. The standard InChI is InChI=1S/C13H16N4O2/c1-2-3-11(14)13-15-8-12(16-13)9-4-6-10(7-5-9)17(18)19/h4-8,11H,2-3,14H2,1H3,(H,15,16). The minimum absolute atomic E-state index is 0.0752. The van der Waals surface area contributed by atoms with Crippen LogP contribution in [0.2, 0.25) is 0 Å². The molecule has 3 N–H and O–H groups in total. The predicted octanol–water partition coefficient (Wildman–Crippen LogP) is 2.78. The van der Waals surface area contributed by atoms with Gasteiger partial charge >= 0.3 is 0 Å². The summed E-state index contributed by atoms with van der Waals surface area (Å²) in [6.07, 6.45) is 3.56. The number of nitro groups is 1. The molecule has 0 aliphatic heterocycles. The second-order valence-corrected chi connectivity index (χ2v) is 4.38. The Morgan fingerprint density at radius 3 is 2.68 bits per heavy atom.